The van der Waals surface area contributed by atoms with E-state index < -0.39 is 0 Å². The first-order valence-corrected chi connectivity index (χ1v) is 11.0. The first-order valence-electron chi connectivity index (χ1n) is 9.40. The fraction of sp³-hybridized carbons (Fsp3) is 0.333. The molecule has 2 rings (SSSR count). The Hall–Kier alpha value is -2.23. The third-order valence-corrected chi connectivity index (χ3v) is 5.93. The number of halogens is 1. The van der Waals surface area contributed by atoms with E-state index >= 15 is 0 Å². The van der Waals surface area contributed by atoms with Crippen LogP contribution in [-0.4, -0.2) is 39.6 Å². The zero-order valence-electron chi connectivity index (χ0n) is 17.2. The summed E-state index contributed by atoms with van der Waals surface area (Å²) < 4.78 is 6.30. The summed E-state index contributed by atoms with van der Waals surface area (Å²) in [5.74, 6) is 0.893. The van der Waals surface area contributed by atoms with Gasteiger partial charge < -0.3 is 15.4 Å². The minimum Gasteiger partial charge on any atom is -0.383 e. The highest BCUT2D eigenvalue weighted by molar-refractivity contribution is 9.10. The SMILES string of the molecule is CCOCC/C(SC(=O)c1cccc(Br)c1)=C(\C)N(C=O)Cc1cnc(C)nc1N. The van der Waals surface area contributed by atoms with E-state index in [0.29, 0.717) is 48.1 Å². The van der Waals surface area contributed by atoms with Crippen molar-refractivity contribution in [3.05, 3.63) is 62.5 Å². The van der Waals surface area contributed by atoms with Gasteiger partial charge in [-0.1, -0.05) is 28.1 Å². The van der Waals surface area contributed by atoms with Gasteiger partial charge in [-0.2, -0.15) is 0 Å². The van der Waals surface area contributed by atoms with Gasteiger partial charge in [0, 0.05) is 45.4 Å². The van der Waals surface area contributed by atoms with Crippen LogP contribution in [0.3, 0.4) is 0 Å². The van der Waals surface area contributed by atoms with Gasteiger partial charge in [0.05, 0.1) is 13.2 Å². The summed E-state index contributed by atoms with van der Waals surface area (Å²) >= 11 is 4.49. The maximum Gasteiger partial charge on any atom is 0.223 e. The zero-order chi connectivity index (χ0) is 22.1. The van der Waals surface area contributed by atoms with E-state index in [9.17, 15) is 9.59 Å². The van der Waals surface area contributed by atoms with E-state index in [2.05, 4.69) is 25.9 Å². The number of hydrogen-bond donors (Lipinski definition) is 1. The number of rotatable bonds is 10. The van der Waals surface area contributed by atoms with Gasteiger partial charge in [-0.25, -0.2) is 9.97 Å². The summed E-state index contributed by atoms with van der Waals surface area (Å²) in [7, 11) is 0. The highest BCUT2D eigenvalue weighted by Gasteiger charge is 2.18. The molecule has 0 aliphatic heterocycles. The number of hydrogen-bond acceptors (Lipinski definition) is 7. The summed E-state index contributed by atoms with van der Waals surface area (Å²) in [5, 5.41) is -0.105. The molecule has 1 amide bonds. The van der Waals surface area contributed by atoms with Crippen LogP contribution < -0.4 is 5.73 Å². The highest BCUT2D eigenvalue weighted by Crippen LogP contribution is 2.30. The molecule has 0 aliphatic carbocycles. The molecular formula is C21H25BrN4O3S. The number of nitrogen functional groups attached to an aromatic ring is 1. The number of aromatic nitrogens is 2. The van der Waals surface area contributed by atoms with Gasteiger partial charge in [0.25, 0.3) is 0 Å². The molecule has 1 heterocycles. The molecule has 2 N–H and O–H groups in total. The zero-order valence-corrected chi connectivity index (χ0v) is 19.6. The van der Waals surface area contributed by atoms with Crippen LogP contribution in [0.15, 0.2) is 45.5 Å². The van der Waals surface area contributed by atoms with Crippen molar-refractivity contribution in [3.63, 3.8) is 0 Å². The number of thioether (sulfide) groups is 1. The molecule has 160 valence electrons. The van der Waals surface area contributed by atoms with E-state index in [-0.39, 0.29) is 11.7 Å². The number of benzene rings is 1. The number of amides is 1. The van der Waals surface area contributed by atoms with Crippen LogP contribution >= 0.6 is 27.7 Å². The van der Waals surface area contributed by atoms with Gasteiger partial charge in [0.15, 0.2) is 0 Å². The monoisotopic (exact) mass is 492 g/mol. The number of carbonyl (C=O) groups is 2. The molecule has 2 aromatic rings. The average Bonchev–Trinajstić information content (AvgIpc) is 2.72. The minimum atomic E-state index is -0.105. The maximum absolute atomic E-state index is 12.8. The predicted molar refractivity (Wildman–Crippen MR) is 123 cm³/mol. The third kappa shape index (κ3) is 6.93. The number of carbonyl (C=O) groups excluding carboxylic acids is 2. The number of anilines is 1. The maximum atomic E-state index is 12.8. The Labute approximate surface area is 189 Å². The van der Waals surface area contributed by atoms with Crippen molar-refractivity contribution in [2.45, 2.75) is 33.7 Å². The molecule has 1 aromatic carbocycles. The Morgan fingerprint density at radius 3 is 2.80 bits per heavy atom. The standard InChI is InChI=1S/C21H25BrN4O3S/c1-4-29-9-8-19(30-21(28)16-6-5-7-18(22)10-16)14(2)26(13-27)12-17-11-24-15(3)25-20(17)23/h5-7,10-11,13H,4,8-9,12H2,1-3H3,(H2,23,24,25)/b19-14-. The lowest BCUT2D eigenvalue weighted by atomic mass is 10.2. The summed E-state index contributed by atoms with van der Waals surface area (Å²) in [6.07, 6.45) is 2.84. The number of nitrogens with zero attached hydrogens (tertiary/aromatic N) is 3. The molecule has 9 heteroatoms. The van der Waals surface area contributed by atoms with Gasteiger partial charge in [-0.15, -0.1) is 0 Å². The van der Waals surface area contributed by atoms with Crippen LogP contribution in [0.1, 0.15) is 42.0 Å². The molecule has 7 nitrogen and oxygen atoms in total. The Balaban J connectivity index is 2.29. The number of nitrogens with two attached hydrogens (primary N) is 1. The fourth-order valence-corrected chi connectivity index (χ4v) is 3.93. The largest absolute Gasteiger partial charge is 0.383 e. The normalized spacial score (nSPS) is 11.7. The molecule has 0 saturated carbocycles. The lowest BCUT2D eigenvalue weighted by Crippen LogP contribution is -2.22. The second kappa shape index (κ2) is 11.8. The Bertz CT molecular complexity index is 936. The van der Waals surface area contributed by atoms with Crippen LogP contribution in [0.4, 0.5) is 5.82 Å². The van der Waals surface area contributed by atoms with Gasteiger partial charge >= 0.3 is 0 Å². The summed E-state index contributed by atoms with van der Waals surface area (Å²) in [4.78, 5) is 35.2. The van der Waals surface area contributed by atoms with Crippen LogP contribution in [0.25, 0.3) is 0 Å². The average molecular weight is 493 g/mol. The van der Waals surface area contributed by atoms with E-state index in [1.807, 2.05) is 26.0 Å². The molecule has 0 fully saturated rings. The summed E-state index contributed by atoms with van der Waals surface area (Å²) in [5.41, 5.74) is 7.85. The topological polar surface area (TPSA) is 98.4 Å². The Morgan fingerprint density at radius 1 is 1.40 bits per heavy atom. The molecule has 0 aliphatic rings. The lowest BCUT2D eigenvalue weighted by molar-refractivity contribution is -0.116. The van der Waals surface area contributed by atoms with Crippen molar-refractivity contribution in [1.82, 2.24) is 14.9 Å². The molecule has 0 bridgehead atoms. The van der Waals surface area contributed by atoms with Crippen molar-refractivity contribution in [1.29, 1.82) is 0 Å². The molecule has 0 unspecified atom stereocenters. The lowest BCUT2D eigenvalue weighted by Gasteiger charge is -2.22. The van der Waals surface area contributed by atoms with Crippen LogP contribution in [-0.2, 0) is 16.1 Å². The number of allylic oxidation sites excluding steroid dienone is 1. The van der Waals surface area contributed by atoms with E-state index in [1.54, 1.807) is 25.3 Å². The van der Waals surface area contributed by atoms with Gasteiger partial charge in [0.1, 0.15) is 11.6 Å². The molecule has 0 saturated heterocycles. The molecule has 0 spiro atoms. The van der Waals surface area contributed by atoms with Gasteiger partial charge in [0.2, 0.25) is 11.5 Å². The predicted octanol–water partition coefficient (Wildman–Crippen LogP) is 4.32. The Morgan fingerprint density at radius 2 is 2.17 bits per heavy atom. The van der Waals surface area contributed by atoms with E-state index in [4.69, 9.17) is 10.5 Å². The third-order valence-electron chi connectivity index (χ3n) is 4.27. The minimum absolute atomic E-state index is 0.105. The van der Waals surface area contributed by atoms with E-state index in [0.717, 1.165) is 27.5 Å². The van der Waals surface area contributed by atoms with Crippen molar-refractivity contribution in [2.75, 3.05) is 18.9 Å². The Kier molecular flexibility index (Phi) is 9.48. The second-order valence-corrected chi connectivity index (χ2v) is 8.40. The molecule has 1 aromatic heterocycles. The van der Waals surface area contributed by atoms with E-state index in [1.165, 1.54) is 4.90 Å². The summed E-state index contributed by atoms with van der Waals surface area (Å²) in [6, 6.07) is 7.21. The van der Waals surface area contributed by atoms with Crippen molar-refractivity contribution in [3.8, 4) is 0 Å². The van der Waals surface area contributed by atoms with Crippen molar-refractivity contribution in [2.24, 2.45) is 0 Å². The first-order chi connectivity index (χ1) is 14.3. The van der Waals surface area contributed by atoms with Crippen LogP contribution in [0.2, 0.25) is 0 Å². The van der Waals surface area contributed by atoms with Crippen molar-refractivity contribution < 1.29 is 14.3 Å². The first kappa shape index (κ1) is 24.0. The quantitative estimate of drug-likeness (QED) is 0.389. The van der Waals surface area contributed by atoms with Gasteiger partial charge in [-0.3, -0.25) is 9.59 Å². The molecular weight excluding hydrogens is 468 g/mol. The van der Waals surface area contributed by atoms with Crippen LogP contribution in [0, 0.1) is 6.92 Å². The number of aryl methyl sites for hydroxylation is 1. The number of ether oxygens (including phenoxy) is 1. The van der Waals surface area contributed by atoms with Gasteiger partial charge in [-0.05, 0) is 44.7 Å². The molecule has 0 radical (unpaired) electrons. The second-order valence-electron chi connectivity index (χ2n) is 6.42. The molecule has 30 heavy (non-hydrogen) atoms. The van der Waals surface area contributed by atoms with Crippen LogP contribution in [0.5, 0.6) is 0 Å². The fourth-order valence-electron chi connectivity index (χ4n) is 2.61. The van der Waals surface area contributed by atoms with Crippen molar-refractivity contribution >= 4 is 45.0 Å². The highest BCUT2D eigenvalue weighted by atomic mass is 79.9. The molecule has 0 atom stereocenters. The smallest absolute Gasteiger partial charge is 0.223 e. The summed E-state index contributed by atoms with van der Waals surface area (Å²) in [6.45, 7) is 6.70.